The van der Waals surface area contributed by atoms with Crippen molar-refractivity contribution >= 4 is 11.6 Å². The molecule has 0 spiro atoms. The summed E-state index contributed by atoms with van der Waals surface area (Å²) in [6.45, 7) is 3.88. The molecular weight excluding hydrogens is 377 g/mol. The molecule has 8 nitrogen and oxygen atoms in total. The third kappa shape index (κ3) is 3.38. The predicted molar refractivity (Wildman–Crippen MR) is 106 cm³/mol. The zero-order valence-corrected chi connectivity index (χ0v) is 16.5. The average molecular weight is 399 g/mol. The minimum absolute atomic E-state index is 0.122. The number of piperazine rings is 1. The van der Waals surface area contributed by atoms with Gasteiger partial charge in [0.25, 0.3) is 11.5 Å². The largest absolute Gasteiger partial charge is 0.497 e. The molecule has 2 aromatic heterocycles. The molecule has 0 saturated carbocycles. The highest BCUT2D eigenvalue weighted by Crippen LogP contribution is 2.25. The Morgan fingerprint density at radius 3 is 2.83 bits per heavy atom. The molecule has 0 unspecified atom stereocenters. The number of halogens is 1. The first-order valence-corrected chi connectivity index (χ1v) is 9.34. The maximum absolute atomic E-state index is 14.6. The van der Waals surface area contributed by atoms with Gasteiger partial charge in [-0.1, -0.05) is 0 Å². The Bertz CT molecular complexity index is 1150. The van der Waals surface area contributed by atoms with Crippen molar-refractivity contribution in [2.75, 3.05) is 26.7 Å². The van der Waals surface area contributed by atoms with Gasteiger partial charge in [-0.3, -0.25) is 14.0 Å². The van der Waals surface area contributed by atoms with Crippen LogP contribution in [0.15, 0.2) is 35.4 Å². The first kappa shape index (κ1) is 19.1. The number of rotatable bonds is 3. The van der Waals surface area contributed by atoms with Crippen LogP contribution in [0.25, 0.3) is 16.9 Å². The van der Waals surface area contributed by atoms with Crippen LogP contribution < -0.4 is 15.6 Å². The lowest BCUT2D eigenvalue weighted by Crippen LogP contribution is -2.51. The maximum Gasteiger partial charge on any atom is 0.294 e. The Hall–Kier alpha value is -3.20. The molecule has 1 aliphatic heterocycles. The van der Waals surface area contributed by atoms with Crippen molar-refractivity contribution < 1.29 is 13.9 Å². The van der Waals surface area contributed by atoms with E-state index >= 15 is 0 Å². The summed E-state index contributed by atoms with van der Waals surface area (Å²) >= 11 is 0. The van der Waals surface area contributed by atoms with E-state index in [9.17, 15) is 14.0 Å². The van der Waals surface area contributed by atoms with E-state index in [-0.39, 0.29) is 28.9 Å². The van der Waals surface area contributed by atoms with Gasteiger partial charge in [-0.05, 0) is 19.1 Å². The lowest BCUT2D eigenvalue weighted by molar-refractivity contribution is 0.0704. The van der Waals surface area contributed by atoms with Gasteiger partial charge in [0.15, 0.2) is 0 Å². The fourth-order valence-corrected chi connectivity index (χ4v) is 3.59. The second-order valence-electron chi connectivity index (χ2n) is 7.19. The highest BCUT2D eigenvalue weighted by molar-refractivity contribution is 5.93. The Morgan fingerprint density at radius 2 is 2.14 bits per heavy atom. The molecule has 4 rings (SSSR count). The predicted octanol–water partition coefficient (Wildman–Crippen LogP) is 1.28. The number of aromatic nitrogens is 3. The van der Waals surface area contributed by atoms with E-state index in [4.69, 9.17) is 4.74 Å². The quantitative estimate of drug-likeness (QED) is 0.718. The summed E-state index contributed by atoms with van der Waals surface area (Å²) < 4.78 is 22.4. The van der Waals surface area contributed by atoms with Crippen molar-refractivity contribution in [2.24, 2.45) is 7.05 Å². The van der Waals surface area contributed by atoms with E-state index in [1.807, 2.05) is 6.92 Å². The van der Waals surface area contributed by atoms with Crippen molar-refractivity contribution in [1.29, 1.82) is 0 Å². The van der Waals surface area contributed by atoms with Crippen LogP contribution in [0.2, 0.25) is 0 Å². The molecule has 1 saturated heterocycles. The molecule has 152 valence electrons. The molecule has 3 aromatic rings. The Kier molecular flexibility index (Phi) is 4.83. The van der Waals surface area contributed by atoms with Crippen LogP contribution in [-0.4, -0.2) is 57.5 Å². The molecule has 0 aliphatic carbocycles. The van der Waals surface area contributed by atoms with Crippen LogP contribution in [0, 0.1) is 5.82 Å². The summed E-state index contributed by atoms with van der Waals surface area (Å²) in [4.78, 5) is 31.6. The van der Waals surface area contributed by atoms with E-state index in [1.165, 1.54) is 28.3 Å². The first-order valence-electron chi connectivity index (χ1n) is 9.34. The van der Waals surface area contributed by atoms with Crippen molar-refractivity contribution in [3.63, 3.8) is 0 Å². The number of nitrogens with zero attached hydrogens (tertiary/aromatic N) is 4. The van der Waals surface area contributed by atoms with Crippen molar-refractivity contribution in [3.05, 3.63) is 52.5 Å². The Morgan fingerprint density at radius 1 is 1.34 bits per heavy atom. The number of ether oxygens (including phenoxy) is 1. The number of hydrogen-bond donors (Lipinski definition) is 1. The van der Waals surface area contributed by atoms with Crippen LogP contribution in [0.1, 0.15) is 17.4 Å². The zero-order chi connectivity index (χ0) is 20.7. The molecule has 29 heavy (non-hydrogen) atoms. The molecule has 3 heterocycles. The van der Waals surface area contributed by atoms with Gasteiger partial charge < -0.3 is 19.5 Å². The molecule has 9 heteroatoms. The van der Waals surface area contributed by atoms with E-state index in [1.54, 1.807) is 30.3 Å². The van der Waals surface area contributed by atoms with E-state index < -0.39 is 11.4 Å². The summed E-state index contributed by atoms with van der Waals surface area (Å²) in [5, 5.41) is 3.28. The molecule has 1 aromatic carbocycles. The SMILES string of the molecule is COc1ccc(-c2cn3cc(C(=O)N4CCN[C@H](C)C4)nc3c(=O)n2C)c(F)c1. The maximum atomic E-state index is 14.6. The molecule has 1 fully saturated rings. The van der Waals surface area contributed by atoms with Crippen LogP contribution >= 0.6 is 0 Å². The van der Waals surface area contributed by atoms with Crippen LogP contribution in [0.3, 0.4) is 0 Å². The fourth-order valence-electron chi connectivity index (χ4n) is 3.59. The lowest BCUT2D eigenvalue weighted by atomic mass is 10.1. The molecule has 0 bridgehead atoms. The summed E-state index contributed by atoms with van der Waals surface area (Å²) in [5.74, 6) is -0.343. The van der Waals surface area contributed by atoms with Gasteiger partial charge in [-0.25, -0.2) is 9.37 Å². The minimum Gasteiger partial charge on any atom is -0.497 e. The number of amides is 1. The molecule has 0 radical (unpaired) electrons. The smallest absolute Gasteiger partial charge is 0.294 e. The van der Waals surface area contributed by atoms with Gasteiger partial charge in [0.1, 0.15) is 17.3 Å². The van der Waals surface area contributed by atoms with Crippen molar-refractivity contribution in [2.45, 2.75) is 13.0 Å². The van der Waals surface area contributed by atoms with Gasteiger partial charge in [0.05, 0.1) is 12.8 Å². The van der Waals surface area contributed by atoms with Crippen LogP contribution in [0.5, 0.6) is 5.75 Å². The van der Waals surface area contributed by atoms with Gasteiger partial charge in [-0.2, -0.15) is 0 Å². The fraction of sp³-hybridized carbons (Fsp3) is 0.350. The molecule has 1 amide bonds. The number of hydrogen-bond acceptors (Lipinski definition) is 5. The summed E-state index contributed by atoms with van der Waals surface area (Å²) in [7, 11) is 3.01. The highest BCUT2D eigenvalue weighted by Gasteiger charge is 2.24. The summed E-state index contributed by atoms with van der Waals surface area (Å²) in [6.07, 6.45) is 3.13. The average Bonchev–Trinajstić information content (AvgIpc) is 3.14. The van der Waals surface area contributed by atoms with Crippen molar-refractivity contribution in [3.8, 4) is 17.0 Å². The van der Waals surface area contributed by atoms with Gasteiger partial charge in [0, 0.05) is 56.7 Å². The lowest BCUT2D eigenvalue weighted by Gasteiger charge is -2.31. The third-order valence-corrected chi connectivity index (χ3v) is 5.18. The number of imidazole rings is 1. The van der Waals surface area contributed by atoms with E-state index in [2.05, 4.69) is 10.3 Å². The molecule has 1 atom stereocenters. The van der Waals surface area contributed by atoms with Gasteiger partial charge in [-0.15, -0.1) is 0 Å². The monoisotopic (exact) mass is 399 g/mol. The standard InChI is InChI=1S/C20H22FN5O3/c1-12-9-25(7-6-22-12)19(27)16-10-26-11-17(24(2)20(28)18(26)23-16)14-5-4-13(29-3)8-15(14)21/h4-5,8,10-12,22H,6-7,9H2,1-3H3/t12-/m1/s1. The van der Waals surface area contributed by atoms with Gasteiger partial charge in [0.2, 0.25) is 5.65 Å². The number of carbonyl (C=O) groups is 1. The van der Waals surface area contributed by atoms with E-state index in [0.717, 1.165) is 0 Å². The topological polar surface area (TPSA) is 80.9 Å². The Labute approximate surface area is 166 Å². The second-order valence-corrected chi connectivity index (χ2v) is 7.19. The molecular formula is C20H22FN5O3. The summed E-state index contributed by atoms with van der Waals surface area (Å²) in [6, 6.07) is 4.64. The number of methoxy groups -OCH3 is 1. The number of nitrogens with one attached hydrogen (secondary N) is 1. The third-order valence-electron chi connectivity index (χ3n) is 5.18. The van der Waals surface area contributed by atoms with E-state index in [0.29, 0.717) is 31.1 Å². The Balaban J connectivity index is 1.77. The summed E-state index contributed by atoms with van der Waals surface area (Å²) in [5.41, 5.74) is 0.533. The highest BCUT2D eigenvalue weighted by atomic mass is 19.1. The minimum atomic E-state index is -0.509. The van der Waals surface area contributed by atoms with Crippen LogP contribution in [0.4, 0.5) is 4.39 Å². The van der Waals surface area contributed by atoms with Gasteiger partial charge >= 0.3 is 0 Å². The number of carbonyl (C=O) groups excluding carboxylic acids is 1. The number of fused-ring (bicyclic) bond motifs is 1. The first-order chi connectivity index (χ1) is 13.9. The number of benzene rings is 1. The normalized spacial score (nSPS) is 17.0. The van der Waals surface area contributed by atoms with Crippen molar-refractivity contribution in [1.82, 2.24) is 24.2 Å². The molecule has 1 N–H and O–H groups in total. The van der Waals surface area contributed by atoms with Crippen LogP contribution in [-0.2, 0) is 7.05 Å². The second kappa shape index (κ2) is 7.32. The molecule has 1 aliphatic rings. The zero-order valence-electron chi connectivity index (χ0n) is 16.5.